The molecule has 0 aliphatic rings. The first-order valence-electron chi connectivity index (χ1n) is 33.7. The first-order valence-corrected chi connectivity index (χ1v) is 33.7. The largest absolute Gasteiger partial charge is 0.549 e. The molecule has 6 aromatic carbocycles. The molecule has 0 spiro atoms. The predicted molar refractivity (Wildman–Crippen MR) is 374 cm³/mol. The van der Waals surface area contributed by atoms with Gasteiger partial charge in [-0.05, 0) is 204 Å². The Morgan fingerprint density at radius 1 is 0.213 bits per heavy atom. The maximum atomic E-state index is 13.9. The number of carbonyl (C=O) groups is 12. The standard InChI is InChI=1S/C78H86O30/c1-39-23-45(7)61(46(8)24-39)67(79)97-103-73(85)91-21-19-57(35-93-75(87)105-99-69(81)63-49(11)27-41(3)28-50(63)12)59(37-95-77(89)107-101-71(83)65-53(15)31-43(5)32-54(65)16)60(38-96-78(90)108-102-72(84)66-55(17)33-44(6)34-56(66)18)58(36-94-76(88)106-100-70(82)64-51(13)29-42(4)30-52(64)14)20-22-92-74(86)104-98-68(80)62-47(9)25-40(2)26-48(62)10/h23-34,57-60H,19-22,35-38H2,1-18H3. The quantitative estimate of drug-likeness (QED) is 0.0249. The normalized spacial score (nSPS) is 11.8. The van der Waals surface area contributed by atoms with Gasteiger partial charge in [0, 0.05) is 23.7 Å². The van der Waals surface area contributed by atoms with Crippen LogP contribution in [0.3, 0.4) is 0 Å². The summed E-state index contributed by atoms with van der Waals surface area (Å²) >= 11 is 0. The maximum Gasteiger partial charge on any atom is 0.549 e. The highest BCUT2D eigenvalue weighted by Crippen LogP contribution is 2.35. The zero-order valence-corrected chi connectivity index (χ0v) is 63.1. The third-order valence-corrected chi connectivity index (χ3v) is 17.2. The van der Waals surface area contributed by atoms with Crippen molar-refractivity contribution in [2.24, 2.45) is 23.7 Å². The lowest BCUT2D eigenvalue weighted by Gasteiger charge is -2.36. The van der Waals surface area contributed by atoms with Gasteiger partial charge in [0.2, 0.25) is 0 Å². The van der Waals surface area contributed by atoms with Crippen molar-refractivity contribution in [3.8, 4) is 0 Å². The molecular weight excluding hydrogens is 1420 g/mol. The van der Waals surface area contributed by atoms with Gasteiger partial charge in [0.25, 0.3) is 0 Å². The van der Waals surface area contributed by atoms with Gasteiger partial charge in [-0.25, -0.2) is 87.4 Å². The highest BCUT2D eigenvalue weighted by atomic mass is 17.3. The van der Waals surface area contributed by atoms with Gasteiger partial charge in [-0.1, -0.05) is 106 Å². The molecule has 0 saturated carbocycles. The summed E-state index contributed by atoms with van der Waals surface area (Å²) in [6.07, 6.45) is -11.4. The summed E-state index contributed by atoms with van der Waals surface area (Å²) in [6.45, 7) is 24.2. The van der Waals surface area contributed by atoms with E-state index < -0.39 is 149 Å². The first kappa shape index (κ1) is 84.7. The minimum atomic E-state index is -1.74. The number of aryl methyl sites for hydroxylation is 18. The Balaban J connectivity index is 1.44. The summed E-state index contributed by atoms with van der Waals surface area (Å²) in [7, 11) is 0. The third kappa shape index (κ3) is 24.4. The van der Waals surface area contributed by atoms with Gasteiger partial charge < -0.3 is 28.4 Å². The van der Waals surface area contributed by atoms with E-state index in [1.165, 1.54) is 0 Å². The van der Waals surface area contributed by atoms with E-state index in [-0.39, 0.29) is 33.4 Å². The van der Waals surface area contributed by atoms with Gasteiger partial charge in [-0.15, -0.1) is 0 Å². The molecule has 0 aromatic heterocycles. The maximum absolute atomic E-state index is 13.9. The molecular formula is C78H86O30. The minimum Gasteiger partial charge on any atom is -0.432 e. The minimum absolute atomic E-state index is 0.00927. The number of hydrogen-bond acceptors (Lipinski definition) is 30. The SMILES string of the molecule is Cc1cc(C)c(C(=O)OOC(=O)OCCC(COC(=O)OOC(=O)c2c(C)cc(C)cc2C)C(COC(=O)OOC(=O)c2c(C)cc(C)cc2C)C(COC(=O)OOC(=O)c2c(C)cc(C)cc2C)C(CCOC(=O)OOC(=O)c2c(C)cc(C)cc2C)COC(=O)OOC(=O)c2c(C)cc(C)cc2C)c(C)c1. The fourth-order valence-corrected chi connectivity index (χ4v) is 13.2. The second kappa shape index (κ2) is 39.2. The number of benzene rings is 6. The zero-order valence-electron chi connectivity index (χ0n) is 63.1. The lowest BCUT2D eigenvalue weighted by molar-refractivity contribution is -0.212. The molecule has 0 bridgehead atoms. The predicted octanol–water partition coefficient (Wildman–Crippen LogP) is 15.3. The van der Waals surface area contributed by atoms with E-state index in [9.17, 15) is 57.5 Å². The van der Waals surface area contributed by atoms with Crippen LogP contribution in [0.5, 0.6) is 0 Å². The van der Waals surface area contributed by atoms with Crippen LogP contribution in [0.2, 0.25) is 0 Å². The molecule has 0 radical (unpaired) electrons. The Bertz CT molecular complexity index is 4000. The van der Waals surface area contributed by atoms with Crippen LogP contribution in [-0.2, 0) is 87.1 Å². The highest BCUT2D eigenvalue weighted by molar-refractivity contribution is 5.96. The molecule has 0 N–H and O–H groups in total. The second-order valence-corrected chi connectivity index (χ2v) is 26.2. The van der Waals surface area contributed by atoms with Crippen molar-refractivity contribution in [2.75, 3.05) is 39.6 Å². The van der Waals surface area contributed by atoms with E-state index in [1.807, 2.05) is 0 Å². The van der Waals surface area contributed by atoms with Gasteiger partial charge in [0.05, 0.1) is 73.0 Å². The van der Waals surface area contributed by atoms with Gasteiger partial charge >= 0.3 is 72.7 Å². The van der Waals surface area contributed by atoms with Crippen molar-refractivity contribution in [3.63, 3.8) is 0 Å². The van der Waals surface area contributed by atoms with Crippen molar-refractivity contribution in [1.82, 2.24) is 0 Å². The first-order chi connectivity index (χ1) is 50.9. The number of hydrogen-bond donors (Lipinski definition) is 0. The van der Waals surface area contributed by atoms with Gasteiger partial charge in [0.15, 0.2) is 0 Å². The summed E-state index contributed by atoms with van der Waals surface area (Å²) in [6, 6.07) is 20.0. The van der Waals surface area contributed by atoms with E-state index in [0.29, 0.717) is 66.8 Å². The van der Waals surface area contributed by atoms with Crippen molar-refractivity contribution < 1.29 is 145 Å². The molecule has 6 aromatic rings. The van der Waals surface area contributed by atoms with Crippen LogP contribution in [0.15, 0.2) is 72.8 Å². The van der Waals surface area contributed by atoms with Crippen molar-refractivity contribution >= 4 is 72.7 Å². The van der Waals surface area contributed by atoms with E-state index >= 15 is 0 Å². The fourth-order valence-electron chi connectivity index (χ4n) is 13.2. The Morgan fingerprint density at radius 3 is 0.528 bits per heavy atom. The molecule has 4 atom stereocenters. The molecule has 0 heterocycles. The number of carbonyl (C=O) groups excluding carboxylic acids is 12. The fraction of sp³-hybridized carbons (Fsp3) is 0.385. The summed E-state index contributed by atoms with van der Waals surface area (Å²) in [4.78, 5) is 221. The molecule has 30 nitrogen and oxygen atoms in total. The summed E-state index contributed by atoms with van der Waals surface area (Å²) in [5.41, 5.74) is 10.4. The number of ether oxygens (including phenoxy) is 6. The topological polar surface area (TPSA) is 371 Å². The zero-order chi connectivity index (χ0) is 80.0. The van der Waals surface area contributed by atoms with Crippen LogP contribution in [-0.4, -0.2) is 112 Å². The van der Waals surface area contributed by atoms with Gasteiger partial charge in [0.1, 0.15) is 0 Å². The molecule has 0 fully saturated rings. The molecule has 578 valence electrons. The average Bonchev–Trinajstić information content (AvgIpc) is 0.873. The van der Waals surface area contributed by atoms with E-state index in [0.717, 1.165) is 33.4 Å². The van der Waals surface area contributed by atoms with E-state index in [1.54, 1.807) is 197 Å². The Hall–Kier alpha value is -12.2. The van der Waals surface area contributed by atoms with Gasteiger partial charge in [-0.2, -0.15) is 28.8 Å². The third-order valence-electron chi connectivity index (χ3n) is 17.2. The van der Waals surface area contributed by atoms with E-state index in [2.05, 4.69) is 0 Å². The summed E-state index contributed by atoms with van der Waals surface area (Å²) < 4.78 is 33.1. The van der Waals surface area contributed by atoms with Crippen molar-refractivity contribution in [3.05, 3.63) is 206 Å². The molecule has 30 heteroatoms. The van der Waals surface area contributed by atoms with Crippen LogP contribution >= 0.6 is 0 Å². The Morgan fingerprint density at radius 2 is 0.361 bits per heavy atom. The highest BCUT2D eigenvalue weighted by Gasteiger charge is 2.40. The van der Waals surface area contributed by atoms with Crippen LogP contribution in [0, 0.1) is 148 Å². The van der Waals surface area contributed by atoms with Crippen LogP contribution in [0.25, 0.3) is 0 Å². The molecule has 0 saturated heterocycles. The Kier molecular flexibility index (Phi) is 30.7. The Labute approximate surface area is 622 Å². The molecule has 0 aliphatic heterocycles. The lowest BCUT2D eigenvalue weighted by Crippen LogP contribution is -2.41. The molecule has 0 aliphatic carbocycles. The lowest BCUT2D eigenvalue weighted by atomic mass is 9.74. The van der Waals surface area contributed by atoms with Crippen LogP contribution in [0.4, 0.5) is 28.8 Å². The number of rotatable bonds is 23. The van der Waals surface area contributed by atoms with E-state index in [4.69, 9.17) is 87.1 Å². The van der Waals surface area contributed by atoms with Gasteiger partial charge in [-0.3, -0.25) is 0 Å². The summed E-state index contributed by atoms with van der Waals surface area (Å²) in [5, 5.41) is 0. The second-order valence-electron chi connectivity index (χ2n) is 26.2. The molecule has 108 heavy (non-hydrogen) atoms. The monoisotopic (exact) mass is 1500 g/mol. The van der Waals surface area contributed by atoms with Crippen molar-refractivity contribution in [1.29, 1.82) is 0 Å². The molecule has 6 rings (SSSR count). The molecule has 4 unspecified atom stereocenters. The smallest absolute Gasteiger partial charge is 0.432 e. The van der Waals surface area contributed by atoms with Crippen LogP contribution < -0.4 is 0 Å². The van der Waals surface area contributed by atoms with Crippen molar-refractivity contribution in [2.45, 2.75) is 137 Å². The average molecular weight is 1500 g/mol. The molecule has 0 amide bonds. The van der Waals surface area contributed by atoms with Crippen LogP contribution in [0.1, 0.15) is 175 Å². The summed E-state index contributed by atoms with van der Waals surface area (Å²) in [5.74, 6) is -13.2.